The molecule has 32 heavy (non-hydrogen) atoms. The monoisotopic (exact) mass is 424 g/mol. The summed E-state index contributed by atoms with van der Waals surface area (Å²) in [7, 11) is 3.23. The number of nitrogen functional groups attached to an aromatic ring is 1. The van der Waals surface area contributed by atoms with Gasteiger partial charge >= 0.3 is 0 Å². The molecular formula is C26H20N2O4. The predicted octanol–water partition coefficient (Wildman–Crippen LogP) is 5.23. The molecule has 0 radical (unpaired) electrons. The lowest BCUT2D eigenvalue weighted by Crippen LogP contribution is -2.06. The van der Waals surface area contributed by atoms with Crippen LogP contribution in [0.1, 0.15) is 0 Å². The van der Waals surface area contributed by atoms with E-state index in [-0.39, 0.29) is 5.43 Å². The number of hydrogen-bond acceptors (Lipinski definition) is 6. The first-order valence-corrected chi connectivity index (χ1v) is 10.0. The fraction of sp³-hybridized carbons (Fsp3) is 0.0769. The van der Waals surface area contributed by atoms with E-state index in [2.05, 4.69) is 0 Å². The Morgan fingerprint density at radius 2 is 1.38 bits per heavy atom. The van der Waals surface area contributed by atoms with Gasteiger partial charge < -0.3 is 19.6 Å². The molecule has 3 aromatic carbocycles. The quantitative estimate of drug-likeness (QED) is 0.314. The molecule has 0 unspecified atom stereocenters. The molecule has 6 nitrogen and oxygen atoms in total. The second kappa shape index (κ2) is 7.74. The smallest absolute Gasteiger partial charge is 0.190 e. The van der Waals surface area contributed by atoms with Gasteiger partial charge in [-0.25, -0.2) is 4.98 Å². The molecular weight excluding hydrogens is 404 g/mol. The Balaban J connectivity index is 1.65. The van der Waals surface area contributed by atoms with Crippen LogP contribution in [0, 0.1) is 0 Å². The zero-order valence-corrected chi connectivity index (χ0v) is 17.6. The molecule has 1 aliphatic carbocycles. The highest BCUT2D eigenvalue weighted by Gasteiger charge is 2.16. The van der Waals surface area contributed by atoms with Crippen molar-refractivity contribution in [2.75, 3.05) is 20.0 Å². The van der Waals surface area contributed by atoms with Crippen LogP contribution >= 0.6 is 0 Å². The Morgan fingerprint density at radius 3 is 1.97 bits per heavy atom. The molecule has 0 amide bonds. The van der Waals surface area contributed by atoms with Gasteiger partial charge in [-0.2, -0.15) is 0 Å². The number of anilines is 1. The van der Waals surface area contributed by atoms with Crippen LogP contribution < -0.4 is 20.6 Å². The van der Waals surface area contributed by atoms with Crippen molar-refractivity contribution in [2.24, 2.45) is 0 Å². The van der Waals surface area contributed by atoms with E-state index in [1.54, 1.807) is 26.4 Å². The maximum Gasteiger partial charge on any atom is 0.190 e. The summed E-state index contributed by atoms with van der Waals surface area (Å²) >= 11 is 0. The number of hydrogen-bond donors (Lipinski definition) is 1. The summed E-state index contributed by atoms with van der Waals surface area (Å²) in [5, 5.41) is 0. The largest absolute Gasteiger partial charge is 0.497 e. The highest BCUT2D eigenvalue weighted by atomic mass is 16.5. The molecule has 158 valence electrons. The molecule has 0 saturated carbocycles. The zero-order valence-electron chi connectivity index (χ0n) is 17.6. The molecule has 5 rings (SSSR count). The number of aromatic nitrogens is 1. The van der Waals surface area contributed by atoms with Crippen LogP contribution in [0.4, 0.5) is 5.69 Å². The van der Waals surface area contributed by atoms with E-state index in [9.17, 15) is 4.79 Å². The lowest BCUT2D eigenvalue weighted by Gasteiger charge is -2.12. The van der Waals surface area contributed by atoms with Crippen molar-refractivity contribution in [1.82, 2.24) is 4.98 Å². The van der Waals surface area contributed by atoms with Gasteiger partial charge in [-0.3, -0.25) is 4.79 Å². The van der Waals surface area contributed by atoms with E-state index in [4.69, 9.17) is 24.6 Å². The number of nitrogens with two attached hydrogens (primary N) is 1. The second-order valence-electron chi connectivity index (χ2n) is 7.39. The normalized spacial score (nSPS) is 11.1. The summed E-state index contributed by atoms with van der Waals surface area (Å²) in [5.74, 6) is 1.91. The Morgan fingerprint density at radius 1 is 0.781 bits per heavy atom. The first kappa shape index (κ1) is 19.6. The van der Waals surface area contributed by atoms with Crippen molar-refractivity contribution < 1.29 is 13.9 Å². The molecule has 1 heterocycles. The molecule has 2 aliphatic rings. The first-order valence-electron chi connectivity index (χ1n) is 10.0. The molecule has 0 saturated heterocycles. The van der Waals surface area contributed by atoms with E-state index in [1.807, 2.05) is 54.6 Å². The predicted molar refractivity (Wildman–Crippen MR) is 125 cm³/mol. The third-order valence-electron chi connectivity index (χ3n) is 5.46. The van der Waals surface area contributed by atoms with Gasteiger partial charge in [0.05, 0.1) is 14.2 Å². The lowest BCUT2D eigenvalue weighted by atomic mass is 10.0. The number of rotatable bonds is 4. The third-order valence-corrected chi connectivity index (χ3v) is 5.46. The zero-order chi connectivity index (χ0) is 22.2. The van der Waals surface area contributed by atoms with Crippen LogP contribution in [0.15, 0.2) is 82.0 Å². The summed E-state index contributed by atoms with van der Waals surface area (Å²) in [6, 6.07) is 21.9. The average Bonchev–Trinajstić information content (AvgIpc) is 2.82. The standard InChI is InChI=1S/C26H20N2O4/c1-30-17-7-3-15(4-8-17)19-11-22-25(13-21(19)27)32-26-14-24(29)20(12-23(26)28-22)16-5-9-18(31-2)10-6-16/h3-14H,27H2,1-2H3. The Labute approximate surface area is 184 Å². The van der Waals surface area contributed by atoms with Crippen molar-refractivity contribution in [2.45, 2.75) is 0 Å². The van der Waals surface area contributed by atoms with Crippen molar-refractivity contribution in [3.8, 4) is 45.2 Å². The van der Waals surface area contributed by atoms with Crippen LogP contribution in [0.25, 0.3) is 44.8 Å². The molecule has 0 atom stereocenters. The molecule has 2 N–H and O–H groups in total. The highest BCUT2D eigenvalue weighted by Crippen LogP contribution is 2.34. The summed E-state index contributed by atoms with van der Waals surface area (Å²) in [6.45, 7) is 0. The van der Waals surface area contributed by atoms with E-state index in [0.29, 0.717) is 33.8 Å². The molecule has 6 heteroatoms. The highest BCUT2D eigenvalue weighted by molar-refractivity contribution is 5.90. The minimum Gasteiger partial charge on any atom is -0.497 e. The number of nitrogens with zero attached hydrogens (tertiary/aromatic N) is 1. The Kier molecular flexibility index (Phi) is 4.75. The van der Waals surface area contributed by atoms with Crippen LogP contribution in [0.3, 0.4) is 0 Å². The summed E-state index contributed by atoms with van der Waals surface area (Å²) in [6.07, 6.45) is 0. The molecule has 0 spiro atoms. The van der Waals surface area contributed by atoms with E-state index < -0.39 is 0 Å². The van der Waals surface area contributed by atoms with E-state index in [1.165, 1.54) is 6.07 Å². The molecule has 0 bridgehead atoms. The number of methoxy groups -OCH3 is 2. The third kappa shape index (κ3) is 3.41. The SMILES string of the molecule is COc1ccc(-c2cc3nc4cc(-c5ccc(OC)cc5)c(=O)cc-4oc3cc2N)cc1. The summed E-state index contributed by atoms with van der Waals surface area (Å²) < 4.78 is 16.4. The summed E-state index contributed by atoms with van der Waals surface area (Å²) in [5.41, 5.74) is 11.6. The molecule has 0 fully saturated rings. The van der Waals surface area contributed by atoms with Gasteiger partial charge in [0.15, 0.2) is 16.8 Å². The van der Waals surface area contributed by atoms with Crippen LogP contribution in [-0.2, 0) is 0 Å². The fourth-order valence-electron chi connectivity index (χ4n) is 3.74. The van der Waals surface area contributed by atoms with Crippen LogP contribution in [-0.4, -0.2) is 19.2 Å². The number of benzene rings is 4. The molecule has 1 aliphatic heterocycles. The van der Waals surface area contributed by atoms with Crippen molar-refractivity contribution in [1.29, 1.82) is 0 Å². The van der Waals surface area contributed by atoms with Crippen molar-refractivity contribution in [3.63, 3.8) is 0 Å². The average molecular weight is 424 g/mol. The molecule has 0 aromatic heterocycles. The Hall–Kier alpha value is -4.32. The molecule has 3 aromatic rings. The Bertz CT molecular complexity index is 1460. The topological polar surface area (TPSA) is 87.6 Å². The van der Waals surface area contributed by atoms with Gasteiger partial charge in [0.25, 0.3) is 0 Å². The summed E-state index contributed by atoms with van der Waals surface area (Å²) in [4.78, 5) is 17.5. The van der Waals surface area contributed by atoms with E-state index in [0.717, 1.165) is 28.2 Å². The lowest BCUT2D eigenvalue weighted by molar-refractivity contribution is 0.415. The maximum absolute atomic E-state index is 12.7. The number of fused-ring (bicyclic) bond motifs is 2. The van der Waals surface area contributed by atoms with Crippen molar-refractivity contribution >= 4 is 16.8 Å². The number of ether oxygens (including phenoxy) is 2. The van der Waals surface area contributed by atoms with Gasteiger partial charge in [0.2, 0.25) is 0 Å². The maximum atomic E-state index is 12.7. The second-order valence-corrected chi connectivity index (χ2v) is 7.39. The minimum atomic E-state index is -0.143. The van der Waals surface area contributed by atoms with Gasteiger partial charge in [-0.05, 0) is 47.5 Å². The van der Waals surface area contributed by atoms with Crippen LogP contribution in [0.2, 0.25) is 0 Å². The van der Waals surface area contributed by atoms with Crippen molar-refractivity contribution in [3.05, 3.63) is 83.0 Å². The van der Waals surface area contributed by atoms with Gasteiger partial charge in [-0.1, -0.05) is 24.3 Å². The fourth-order valence-corrected chi connectivity index (χ4v) is 3.74. The van der Waals surface area contributed by atoms with Gasteiger partial charge in [-0.15, -0.1) is 0 Å². The first-order chi connectivity index (χ1) is 15.6. The minimum absolute atomic E-state index is 0.143. The van der Waals surface area contributed by atoms with E-state index >= 15 is 0 Å². The van der Waals surface area contributed by atoms with Gasteiger partial charge in [0, 0.05) is 28.9 Å². The van der Waals surface area contributed by atoms with Gasteiger partial charge in [0.1, 0.15) is 22.7 Å². The van der Waals surface area contributed by atoms with Crippen LogP contribution in [0.5, 0.6) is 11.5 Å².